The summed E-state index contributed by atoms with van der Waals surface area (Å²) in [6.45, 7) is 8.56. The maximum absolute atomic E-state index is 3.92. The Morgan fingerprint density at radius 2 is 2.22 bits per heavy atom. The Kier molecular flexibility index (Phi) is 1.56. The number of allylic oxidation sites excluding steroid dienone is 1. The van der Waals surface area contributed by atoms with Crippen LogP contribution in [0, 0.1) is 11.8 Å². The van der Waals surface area contributed by atoms with E-state index in [4.69, 9.17) is 0 Å². The zero-order valence-corrected chi connectivity index (χ0v) is 6.41. The van der Waals surface area contributed by atoms with Crippen LogP contribution in [0.15, 0.2) is 12.2 Å². The fraction of sp³-hybridized carbons (Fsp3) is 0.667. The van der Waals surface area contributed by atoms with Gasteiger partial charge in [-0.15, -0.1) is 0 Å². The van der Waals surface area contributed by atoms with Gasteiger partial charge in [0.15, 0.2) is 0 Å². The summed E-state index contributed by atoms with van der Waals surface area (Å²) in [6.07, 6.45) is 5.99. The Hall–Kier alpha value is -0.390. The van der Waals surface area contributed by atoms with E-state index in [9.17, 15) is 0 Å². The summed E-state index contributed by atoms with van der Waals surface area (Å²) in [5.41, 5.74) is 1.87. The van der Waals surface area contributed by atoms with Gasteiger partial charge in [-0.05, 0) is 11.8 Å². The molecule has 1 fully saturated rings. The molecule has 0 nitrogen and oxygen atoms in total. The molecular formula is C9H15-. The molecule has 0 N–H and O–H groups in total. The maximum atomic E-state index is 3.92. The van der Waals surface area contributed by atoms with Crippen molar-refractivity contribution in [2.24, 2.45) is 5.41 Å². The van der Waals surface area contributed by atoms with Gasteiger partial charge in [0, 0.05) is 0 Å². The molecule has 1 aliphatic carbocycles. The van der Waals surface area contributed by atoms with E-state index in [1.165, 1.54) is 24.8 Å². The minimum Gasteiger partial charge on any atom is -0.242 e. The van der Waals surface area contributed by atoms with Gasteiger partial charge in [-0.25, -0.2) is 18.6 Å². The fourth-order valence-electron chi connectivity index (χ4n) is 1.12. The van der Waals surface area contributed by atoms with Gasteiger partial charge in [0.25, 0.3) is 0 Å². The Labute approximate surface area is 58.0 Å². The van der Waals surface area contributed by atoms with Gasteiger partial charge >= 0.3 is 0 Å². The third-order valence-corrected chi connectivity index (χ3v) is 2.07. The van der Waals surface area contributed by atoms with E-state index >= 15 is 0 Å². The molecule has 0 radical (unpaired) electrons. The molecule has 0 aromatic carbocycles. The first-order chi connectivity index (χ1) is 4.10. The van der Waals surface area contributed by atoms with E-state index in [0.29, 0.717) is 5.41 Å². The molecule has 0 aliphatic heterocycles. The predicted octanol–water partition coefficient (Wildman–Crippen LogP) is 2.96. The number of hydrogen-bond acceptors (Lipinski definition) is 0. The summed E-state index contributed by atoms with van der Waals surface area (Å²) in [6, 6.07) is 0. The molecule has 0 saturated heterocycles. The summed E-state index contributed by atoms with van der Waals surface area (Å²) in [5, 5.41) is 0. The largest absolute Gasteiger partial charge is 0.242 e. The molecule has 1 aliphatic rings. The van der Waals surface area contributed by atoms with Crippen LogP contribution in [0.1, 0.15) is 33.1 Å². The summed E-state index contributed by atoms with van der Waals surface area (Å²) >= 11 is 0. The van der Waals surface area contributed by atoms with E-state index < -0.39 is 0 Å². The third-order valence-electron chi connectivity index (χ3n) is 2.07. The average Bonchev–Trinajstić information content (AvgIpc) is 1.78. The number of hydrogen-bond donors (Lipinski definition) is 0. The van der Waals surface area contributed by atoms with E-state index in [1.807, 2.05) is 0 Å². The highest BCUT2D eigenvalue weighted by Crippen LogP contribution is 2.35. The molecule has 0 unspecified atom stereocenters. The second-order valence-electron chi connectivity index (χ2n) is 3.73. The molecule has 0 atom stereocenters. The summed E-state index contributed by atoms with van der Waals surface area (Å²) in [4.78, 5) is 0. The highest BCUT2D eigenvalue weighted by Gasteiger charge is 2.17. The maximum Gasteiger partial charge on any atom is -0.0470 e. The molecule has 0 aromatic heterocycles. The zero-order valence-electron chi connectivity index (χ0n) is 6.41. The molecule has 52 valence electrons. The van der Waals surface area contributed by atoms with E-state index in [0.717, 1.165) is 0 Å². The van der Waals surface area contributed by atoms with Crippen molar-refractivity contribution in [1.29, 1.82) is 0 Å². The van der Waals surface area contributed by atoms with Crippen LogP contribution in [-0.4, -0.2) is 0 Å². The molecule has 0 spiro atoms. The molecule has 9 heavy (non-hydrogen) atoms. The standard InChI is InChI=1S/C9H15/c1-8-4-6-9(2,3)7-5-8/h4H,1,5-7H2,2-3H3/q-1. The smallest absolute Gasteiger partial charge is 0.0470 e. The second-order valence-corrected chi connectivity index (χ2v) is 3.73. The van der Waals surface area contributed by atoms with Crippen LogP contribution in [0.5, 0.6) is 0 Å². The Bertz CT molecular complexity index is 108. The van der Waals surface area contributed by atoms with Crippen LogP contribution < -0.4 is 0 Å². The molecule has 0 heteroatoms. The Morgan fingerprint density at radius 3 is 2.56 bits per heavy atom. The lowest BCUT2D eigenvalue weighted by Gasteiger charge is -2.35. The highest BCUT2D eigenvalue weighted by atomic mass is 14.3. The van der Waals surface area contributed by atoms with Crippen molar-refractivity contribution in [2.75, 3.05) is 0 Å². The molecule has 0 bridgehead atoms. The van der Waals surface area contributed by atoms with Gasteiger partial charge in [-0.2, -0.15) is 0 Å². The van der Waals surface area contributed by atoms with E-state index in [2.05, 4.69) is 26.8 Å². The average molecular weight is 123 g/mol. The lowest BCUT2D eigenvalue weighted by atomic mass is 9.76. The molecule has 1 saturated carbocycles. The first kappa shape index (κ1) is 6.73. The zero-order chi connectivity index (χ0) is 6.91. The molecule has 0 heterocycles. The van der Waals surface area contributed by atoms with Crippen molar-refractivity contribution in [3.63, 3.8) is 0 Å². The summed E-state index contributed by atoms with van der Waals surface area (Å²) < 4.78 is 0. The van der Waals surface area contributed by atoms with Crippen molar-refractivity contribution >= 4 is 0 Å². The Morgan fingerprint density at radius 1 is 1.56 bits per heavy atom. The van der Waals surface area contributed by atoms with Gasteiger partial charge < -0.3 is 0 Å². The van der Waals surface area contributed by atoms with Crippen LogP contribution in [0.4, 0.5) is 0 Å². The third kappa shape index (κ3) is 1.78. The summed E-state index contributed by atoms with van der Waals surface area (Å²) in [7, 11) is 0. The first-order valence-electron chi connectivity index (χ1n) is 3.61. The minimum atomic E-state index is 0.543. The summed E-state index contributed by atoms with van der Waals surface area (Å²) in [5.74, 6) is 0. The molecular weight excluding hydrogens is 108 g/mol. The minimum absolute atomic E-state index is 0.543. The lowest BCUT2D eigenvalue weighted by molar-refractivity contribution is 0.311. The first-order valence-corrected chi connectivity index (χ1v) is 3.61. The van der Waals surface area contributed by atoms with Crippen molar-refractivity contribution in [3.05, 3.63) is 18.6 Å². The van der Waals surface area contributed by atoms with Gasteiger partial charge in [0.1, 0.15) is 0 Å². The monoisotopic (exact) mass is 123 g/mol. The van der Waals surface area contributed by atoms with Crippen LogP contribution in [-0.2, 0) is 0 Å². The van der Waals surface area contributed by atoms with Crippen LogP contribution >= 0.6 is 0 Å². The van der Waals surface area contributed by atoms with Gasteiger partial charge in [-0.3, -0.25) is 0 Å². The van der Waals surface area contributed by atoms with Crippen molar-refractivity contribution in [1.82, 2.24) is 0 Å². The van der Waals surface area contributed by atoms with Gasteiger partial charge in [0.05, 0.1) is 0 Å². The van der Waals surface area contributed by atoms with Crippen LogP contribution in [0.3, 0.4) is 0 Å². The highest BCUT2D eigenvalue weighted by molar-refractivity contribution is 5.13. The van der Waals surface area contributed by atoms with Crippen LogP contribution in [0.2, 0.25) is 0 Å². The van der Waals surface area contributed by atoms with Gasteiger partial charge in [0.2, 0.25) is 0 Å². The van der Waals surface area contributed by atoms with E-state index in [1.54, 1.807) is 0 Å². The number of rotatable bonds is 0. The lowest BCUT2D eigenvalue weighted by Crippen LogP contribution is -2.16. The predicted molar refractivity (Wildman–Crippen MR) is 41.1 cm³/mol. The normalized spacial score (nSPS) is 25.3. The van der Waals surface area contributed by atoms with Crippen LogP contribution in [0.25, 0.3) is 0 Å². The molecule has 0 aromatic rings. The van der Waals surface area contributed by atoms with Gasteiger partial charge in [-0.1, -0.05) is 26.7 Å². The SMILES string of the molecule is C=C1[CH-]CC(C)(C)CC1. The molecule has 1 rings (SSSR count). The van der Waals surface area contributed by atoms with Crippen molar-refractivity contribution < 1.29 is 0 Å². The van der Waals surface area contributed by atoms with E-state index in [-0.39, 0.29) is 0 Å². The Balaban J connectivity index is 2.44. The molecule has 0 amide bonds. The quantitative estimate of drug-likeness (QED) is 0.434. The second kappa shape index (κ2) is 2.09. The topological polar surface area (TPSA) is 0 Å². The fourth-order valence-corrected chi connectivity index (χ4v) is 1.12. The van der Waals surface area contributed by atoms with Crippen molar-refractivity contribution in [2.45, 2.75) is 33.1 Å². The van der Waals surface area contributed by atoms with Crippen molar-refractivity contribution in [3.8, 4) is 0 Å².